The molecule has 0 unspecified atom stereocenters. The SMILES string of the molecule is CCS(=O)(=O)c1ccc(NS(=O)(=O)c2ccc(Cl)c3ncccc23)cc1. The van der Waals surface area contributed by atoms with Crippen LogP contribution in [0.4, 0.5) is 5.69 Å². The molecule has 1 N–H and O–H groups in total. The maximum Gasteiger partial charge on any atom is 0.262 e. The molecule has 0 amide bonds. The fourth-order valence-electron chi connectivity index (χ4n) is 2.45. The van der Waals surface area contributed by atoms with Gasteiger partial charge in [0.1, 0.15) is 0 Å². The van der Waals surface area contributed by atoms with Crippen LogP contribution in [0.5, 0.6) is 0 Å². The lowest BCUT2D eigenvalue weighted by molar-refractivity contribution is 0.597. The molecule has 9 heteroatoms. The van der Waals surface area contributed by atoms with Crippen LogP contribution in [-0.2, 0) is 19.9 Å². The summed E-state index contributed by atoms with van der Waals surface area (Å²) in [6, 6.07) is 11.7. The number of halogens is 1. The molecule has 0 aliphatic carbocycles. The minimum atomic E-state index is -3.91. The van der Waals surface area contributed by atoms with E-state index in [0.717, 1.165) is 0 Å². The Hall–Kier alpha value is -2.16. The van der Waals surface area contributed by atoms with Gasteiger partial charge in [-0.05, 0) is 48.5 Å². The minimum absolute atomic E-state index is 0.0260. The molecule has 6 nitrogen and oxygen atoms in total. The van der Waals surface area contributed by atoms with Crippen LogP contribution in [0.3, 0.4) is 0 Å². The van der Waals surface area contributed by atoms with E-state index >= 15 is 0 Å². The molecule has 136 valence electrons. The summed E-state index contributed by atoms with van der Waals surface area (Å²) in [5.41, 5.74) is 0.647. The number of nitrogens with zero attached hydrogens (tertiary/aromatic N) is 1. The molecule has 0 radical (unpaired) electrons. The molecule has 26 heavy (non-hydrogen) atoms. The van der Waals surface area contributed by atoms with Crippen LogP contribution in [0.2, 0.25) is 5.02 Å². The van der Waals surface area contributed by atoms with Gasteiger partial charge in [0.2, 0.25) is 0 Å². The summed E-state index contributed by atoms with van der Waals surface area (Å²) in [4.78, 5) is 4.30. The molecule has 0 bridgehead atoms. The second-order valence-corrected chi connectivity index (χ2v) is 9.81. The Morgan fingerprint density at radius 1 is 1.00 bits per heavy atom. The molecule has 3 rings (SSSR count). The van der Waals surface area contributed by atoms with Crippen molar-refractivity contribution in [3.05, 3.63) is 59.8 Å². The quantitative estimate of drug-likeness (QED) is 0.694. The number of pyridine rings is 1. The standard InChI is InChI=1S/C17H15ClN2O4S2/c1-2-25(21,22)13-7-5-12(6-8-13)20-26(23,24)16-10-9-15(18)17-14(16)4-3-11-19-17/h3-11,20H,2H2,1H3. The highest BCUT2D eigenvalue weighted by atomic mass is 35.5. The second-order valence-electron chi connectivity index (χ2n) is 5.48. The number of fused-ring (bicyclic) bond motifs is 1. The van der Waals surface area contributed by atoms with Gasteiger partial charge < -0.3 is 0 Å². The zero-order chi connectivity index (χ0) is 18.9. The van der Waals surface area contributed by atoms with Gasteiger partial charge in [-0.15, -0.1) is 0 Å². The third-order valence-electron chi connectivity index (χ3n) is 3.82. The second kappa shape index (κ2) is 6.86. The predicted octanol–water partition coefficient (Wildman–Crippen LogP) is 3.48. The van der Waals surface area contributed by atoms with Crippen molar-refractivity contribution in [1.29, 1.82) is 0 Å². The lowest BCUT2D eigenvalue weighted by atomic mass is 10.2. The van der Waals surface area contributed by atoms with Crippen molar-refractivity contribution >= 4 is 48.1 Å². The topological polar surface area (TPSA) is 93.2 Å². The molecule has 1 aromatic heterocycles. The van der Waals surface area contributed by atoms with Crippen LogP contribution in [0.25, 0.3) is 10.9 Å². The van der Waals surface area contributed by atoms with E-state index in [1.807, 2.05) is 0 Å². The Kier molecular flexibility index (Phi) is 4.92. The lowest BCUT2D eigenvalue weighted by Gasteiger charge is -2.11. The Morgan fingerprint density at radius 2 is 1.69 bits per heavy atom. The normalized spacial score (nSPS) is 12.2. The number of sulfonamides is 1. The third kappa shape index (κ3) is 3.53. The fraction of sp³-hybridized carbons (Fsp3) is 0.118. The maximum absolute atomic E-state index is 12.8. The maximum atomic E-state index is 12.8. The van der Waals surface area contributed by atoms with Gasteiger partial charge in [-0.2, -0.15) is 0 Å². The van der Waals surface area contributed by atoms with E-state index in [1.54, 1.807) is 19.1 Å². The Bertz CT molecular complexity index is 1180. The van der Waals surface area contributed by atoms with Crippen LogP contribution >= 0.6 is 11.6 Å². The van der Waals surface area contributed by atoms with E-state index in [9.17, 15) is 16.8 Å². The van der Waals surface area contributed by atoms with Crippen LogP contribution < -0.4 is 4.72 Å². The number of rotatable bonds is 5. The molecular formula is C17H15ClN2O4S2. The minimum Gasteiger partial charge on any atom is -0.280 e. The molecular weight excluding hydrogens is 396 g/mol. The van der Waals surface area contributed by atoms with Gasteiger partial charge >= 0.3 is 0 Å². The summed E-state index contributed by atoms with van der Waals surface area (Å²) < 4.78 is 51.7. The predicted molar refractivity (Wildman–Crippen MR) is 102 cm³/mol. The molecule has 0 aliphatic heterocycles. The molecule has 0 saturated heterocycles. The van der Waals surface area contributed by atoms with Crippen molar-refractivity contribution < 1.29 is 16.8 Å². The first kappa shape index (κ1) is 18.6. The van der Waals surface area contributed by atoms with E-state index in [4.69, 9.17) is 11.6 Å². The molecule has 2 aromatic carbocycles. The summed E-state index contributed by atoms with van der Waals surface area (Å²) in [7, 11) is -7.25. The van der Waals surface area contributed by atoms with E-state index in [1.165, 1.54) is 42.6 Å². The van der Waals surface area contributed by atoms with Crippen molar-refractivity contribution in [1.82, 2.24) is 4.98 Å². The van der Waals surface area contributed by atoms with E-state index in [2.05, 4.69) is 9.71 Å². The molecule has 1 heterocycles. The Balaban J connectivity index is 1.99. The molecule has 0 aliphatic rings. The van der Waals surface area contributed by atoms with Gasteiger partial charge in [0, 0.05) is 17.3 Å². The largest absolute Gasteiger partial charge is 0.280 e. The van der Waals surface area contributed by atoms with Gasteiger partial charge in [0.05, 0.1) is 26.1 Å². The van der Waals surface area contributed by atoms with Crippen molar-refractivity contribution in [3.63, 3.8) is 0 Å². The lowest BCUT2D eigenvalue weighted by Crippen LogP contribution is -2.13. The molecule has 0 saturated carbocycles. The van der Waals surface area contributed by atoms with Crippen molar-refractivity contribution in [2.24, 2.45) is 0 Å². The summed E-state index contributed by atoms with van der Waals surface area (Å²) >= 11 is 6.08. The average molecular weight is 411 g/mol. The highest BCUT2D eigenvalue weighted by Crippen LogP contribution is 2.29. The van der Waals surface area contributed by atoms with Gasteiger partial charge in [-0.1, -0.05) is 18.5 Å². The summed E-state index contributed by atoms with van der Waals surface area (Å²) in [5.74, 6) is -0.0260. The van der Waals surface area contributed by atoms with Crippen molar-refractivity contribution in [3.8, 4) is 0 Å². The monoisotopic (exact) mass is 410 g/mol. The number of benzene rings is 2. The van der Waals surface area contributed by atoms with Gasteiger partial charge in [-0.25, -0.2) is 16.8 Å². The van der Waals surface area contributed by atoms with Gasteiger partial charge in [0.15, 0.2) is 9.84 Å². The third-order valence-corrected chi connectivity index (χ3v) is 7.31. The highest BCUT2D eigenvalue weighted by molar-refractivity contribution is 7.93. The van der Waals surface area contributed by atoms with Gasteiger partial charge in [-0.3, -0.25) is 9.71 Å². The Labute approximate surface area is 156 Å². The fourth-order valence-corrected chi connectivity index (χ4v) is 4.81. The first-order valence-electron chi connectivity index (χ1n) is 7.63. The summed E-state index contributed by atoms with van der Waals surface area (Å²) in [6.07, 6.45) is 1.53. The number of nitrogens with one attached hydrogen (secondary N) is 1. The number of anilines is 1. The molecule has 3 aromatic rings. The number of hydrogen-bond donors (Lipinski definition) is 1. The molecule has 0 fully saturated rings. The summed E-state index contributed by atoms with van der Waals surface area (Å²) in [6.45, 7) is 1.55. The van der Waals surface area contributed by atoms with E-state index in [0.29, 0.717) is 15.9 Å². The van der Waals surface area contributed by atoms with Crippen LogP contribution in [0.1, 0.15) is 6.92 Å². The highest BCUT2D eigenvalue weighted by Gasteiger charge is 2.19. The van der Waals surface area contributed by atoms with Crippen LogP contribution in [-0.4, -0.2) is 27.6 Å². The average Bonchev–Trinajstić information content (AvgIpc) is 2.62. The van der Waals surface area contributed by atoms with Crippen molar-refractivity contribution in [2.45, 2.75) is 16.7 Å². The van der Waals surface area contributed by atoms with Crippen molar-refractivity contribution in [2.75, 3.05) is 10.5 Å². The first-order chi connectivity index (χ1) is 12.2. The summed E-state index contributed by atoms with van der Waals surface area (Å²) in [5, 5.41) is 0.756. The molecule has 0 atom stereocenters. The number of aromatic nitrogens is 1. The smallest absolute Gasteiger partial charge is 0.262 e. The van der Waals surface area contributed by atoms with E-state index in [-0.39, 0.29) is 21.2 Å². The van der Waals surface area contributed by atoms with E-state index < -0.39 is 19.9 Å². The van der Waals surface area contributed by atoms with Gasteiger partial charge in [0.25, 0.3) is 10.0 Å². The zero-order valence-electron chi connectivity index (χ0n) is 13.7. The zero-order valence-corrected chi connectivity index (χ0v) is 16.1. The number of sulfone groups is 1. The first-order valence-corrected chi connectivity index (χ1v) is 11.1. The Morgan fingerprint density at radius 3 is 2.35 bits per heavy atom. The van der Waals surface area contributed by atoms with Crippen LogP contribution in [0, 0.1) is 0 Å². The molecule has 0 spiro atoms. The van der Waals surface area contributed by atoms with Crippen LogP contribution in [0.15, 0.2) is 64.5 Å². The number of hydrogen-bond acceptors (Lipinski definition) is 5.